The van der Waals surface area contributed by atoms with Crippen LogP contribution in [0.25, 0.3) is 0 Å². The van der Waals surface area contributed by atoms with Crippen LogP contribution in [0.3, 0.4) is 0 Å². The van der Waals surface area contributed by atoms with Gasteiger partial charge < -0.3 is 10.4 Å². The number of amides is 1. The molecule has 0 heterocycles. The molecule has 0 bridgehead atoms. The SMILES string of the molecule is CCC(C)(C)C(=O)NCC1(CO)CC1. The molecular formula is C11H21NO2. The van der Waals surface area contributed by atoms with Crippen molar-refractivity contribution in [2.75, 3.05) is 13.2 Å². The fraction of sp³-hybridized carbons (Fsp3) is 0.909. The third-order valence-electron chi connectivity index (χ3n) is 3.42. The van der Waals surface area contributed by atoms with Crippen molar-refractivity contribution in [2.24, 2.45) is 10.8 Å². The van der Waals surface area contributed by atoms with Crippen LogP contribution in [0.5, 0.6) is 0 Å². The minimum Gasteiger partial charge on any atom is -0.396 e. The molecule has 3 heteroatoms. The zero-order chi connectivity index (χ0) is 10.8. The highest BCUT2D eigenvalue weighted by Gasteiger charge is 2.42. The van der Waals surface area contributed by atoms with Crippen LogP contribution in [0.15, 0.2) is 0 Å². The van der Waals surface area contributed by atoms with Crippen molar-refractivity contribution < 1.29 is 9.90 Å². The molecular weight excluding hydrogens is 178 g/mol. The van der Waals surface area contributed by atoms with Crippen molar-refractivity contribution in [1.29, 1.82) is 0 Å². The minimum absolute atomic E-state index is 0.0134. The lowest BCUT2D eigenvalue weighted by atomic mass is 9.89. The van der Waals surface area contributed by atoms with Crippen molar-refractivity contribution in [2.45, 2.75) is 40.0 Å². The molecule has 0 spiro atoms. The van der Waals surface area contributed by atoms with Gasteiger partial charge in [-0.05, 0) is 19.3 Å². The molecule has 0 aliphatic heterocycles. The molecule has 0 aromatic carbocycles. The van der Waals surface area contributed by atoms with Gasteiger partial charge in [0.15, 0.2) is 0 Å². The second-order valence-corrected chi connectivity index (χ2v) is 5.08. The predicted molar refractivity (Wildman–Crippen MR) is 55.8 cm³/mol. The molecule has 82 valence electrons. The van der Waals surface area contributed by atoms with E-state index in [4.69, 9.17) is 5.11 Å². The quantitative estimate of drug-likeness (QED) is 0.701. The first kappa shape index (κ1) is 11.5. The van der Waals surface area contributed by atoms with Gasteiger partial charge in [0.1, 0.15) is 0 Å². The fourth-order valence-electron chi connectivity index (χ4n) is 1.24. The number of carbonyl (C=O) groups is 1. The van der Waals surface area contributed by atoms with E-state index >= 15 is 0 Å². The summed E-state index contributed by atoms with van der Waals surface area (Å²) in [7, 11) is 0. The third kappa shape index (κ3) is 2.47. The highest BCUT2D eigenvalue weighted by Crippen LogP contribution is 2.44. The summed E-state index contributed by atoms with van der Waals surface area (Å²) in [6, 6.07) is 0. The molecule has 1 rings (SSSR count). The van der Waals surface area contributed by atoms with Gasteiger partial charge in [0.25, 0.3) is 0 Å². The summed E-state index contributed by atoms with van der Waals surface area (Å²) >= 11 is 0. The van der Waals surface area contributed by atoms with Crippen LogP contribution in [0, 0.1) is 10.8 Å². The molecule has 0 saturated heterocycles. The molecule has 2 N–H and O–H groups in total. The van der Waals surface area contributed by atoms with Gasteiger partial charge in [-0.3, -0.25) is 4.79 Å². The van der Waals surface area contributed by atoms with Gasteiger partial charge in [-0.15, -0.1) is 0 Å². The second kappa shape index (κ2) is 3.89. The van der Waals surface area contributed by atoms with Gasteiger partial charge in [0.2, 0.25) is 5.91 Å². The highest BCUT2D eigenvalue weighted by molar-refractivity contribution is 5.81. The summed E-state index contributed by atoms with van der Waals surface area (Å²) in [5.41, 5.74) is -0.273. The molecule has 0 aromatic rings. The highest BCUT2D eigenvalue weighted by atomic mass is 16.3. The van der Waals surface area contributed by atoms with Crippen LogP contribution in [-0.4, -0.2) is 24.2 Å². The zero-order valence-electron chi connectivity index (χ0n) is 9.39. The fourth-order valence-corrected chi connectivity index (χ4v) is 1.24. The zero-order valence-corrected chi connectivity index (χ0v) is 9.39. The molecule has 0 unspecified atom stereocenters. The molecule has 1 fully saturated rings. The maximum Gasteiger partial charge on any atom is 0.225 e. The summed E-state index contributed by atoms with van der Waals surface area (Å²) in [5, 5.41) is 12.0. The lowest BCUT2D eigenvalue weighted by Crippen LogP contribution is -2.40. The van der Waals surface area contributed by atoms with Gasteiger partial charge in [-0.2, -0.15) is 0 Å². The van der Waals surface area contributed by atoms with Gasteiger partial charge in [0, 0.05) is 17.4 Å². The van der Waals surface area contributed by atoms with Crippen molar-refractivity contribution >= 4 is 5.91 Å². The molecule has 14 heavy (non-hydrogen) atoms. The monoisotopic (exact) mass is 199 g/mol. The molecule has 1 aliphatic rings. The summed E-state index contributed by atoms with van der Waals surface area (Å²) in [5.74, 6) is 0.0970. The number of aliphatic hydroxyl groups excluding tert-OH is 1. The Morgan fingerprint density at radius 3 is 2.43 bits per heavy atom. The number of hydrogen-bond donors (Lipinski definition) is 2. The van der Waals surface area contributed by atoms with E-state index in [0.29, 0.717) is 6.54 Å². The molecule has 0 atom stereocenters. The van der Waals surface area contributed by atoms with E-state index in [-0.39, 0.29) is 23.3 Å². The molecule has 1 amide bonds. The Kier molecular flexibility index (Phi) is 3.20. The van der Waals surface area contributed by atoms with Crippen molar-refractivity contribution in [1.82, 2.24) is 5.32 Å². The van der Waals surface area contributed by atoms with Crippen molar-refractivity contribution in [3.05, 3.63) is 0 Å². The number of aliphatic hydroxyl groups is 1. The first-order valence-electron chi connectivity index (χ1n) is 5.35. The minimum atomic E-state index is -0.286. The molecule has 1 aliphatic carbocycles. The molecule has 3 nitrogen and oxygen atoms in total. The average Bonchev–Trinajstić information content (AvgIpc) is 2.95. The van der Waals surface area contributed by atoms with Gasteiger partial charge in [-0.1, -0.05) is 20.8 Å². The van der Waals surface area contributed by atoms with Crippen LogP contribution >= 0.6 is 0 Å². The molecule has 1 saturated carbocycles. The van der Waals surface area contributed by atoms with Crippen LogP contribution in [0.1, 0.15) is 40.0 Å². The third-order valence-corrected chi connectivity index (χ3v) is 3.42. The van der Waals surface area contributed by atoms with E-state index in [2.05, 4.69) is 5.32 Å². The van der Waals surface area contributed by atoms with Crippen LogP contribution in [0.2, 0.25) is 0 Å². The van der Waals surface area contributed by atoms with Crippen molar-refractivity contribution in [3.8, 4) is 0 Å². The summed E-state index contributed by atoms with van der Waals surface area (Å²) < 4.78 is 0. The number of hydrogen-bond acceptors (Lipinski definition) is 2. The largest absolute Gasteiger partial charge is 0.396 e. The van der Waals surface area contributed by atoms with Crippen LogP contribution < -0.4 is 5.32 Å². The summed E-state index contributed by atoms with van der Waals surface area (Å²) in [4.78, 5) is 11.7. The van der Waals surface area contributed by atoms with E-state index in [0.717, 1.165) is 19.3 Å². The normalized spacial score (nSPS) is 19.1. The Morgan fingerprint density at radius 1 is 1.50 bits per heavy atom. The van der Waals surface area contributed by atoms with Crippen molar-refractivity contribution in [3.63, 3.8) is 0 Å². The lowest BCUT2D eigenvalue weighted by Gasteiger charge is -2.23. The first-order chi connectivity index (χ1) is 6.46. The molecule has 0 aromatic heterocycles. The smallest absolute Gasteiger partial charge is 0.225 e. The van der Waals surface area contributed by atoms with Gasteiger partial charge in [-0.25, -0.2) is 0 Å². The summed E-state index contributed by atoms with van der Waals surface area (Å²) in [6.45, 7) is 6.73. The Bertz CT molecular complexity index is 219. The Labute approximate surface area is 85.9 Å². The van der Waals surface area contributed by atoms with E-state index < -0.39 is 0 Å². The maximum atomic E-state index is 11.7. The van der Waals surface area contributed by atoms with E-state index in [1.165, 1.54) is 0 Å². The number of nitrogens with one attached hydrogen (secondary N) is 1. The van der Waals surface area contributed by atoms with Crippen LogP contribution in [0.4, 0.5) is 0 Å². The van der Waals surface area contributed by atoms with Gasteiger partial charge in [0.05, 0.1) is 6.61 Å². The lowest BCUT2D eigenvalue weighted by molar-refractivity contribution is -0.129. The van der Waals surface area contributed by atoms with Crippen LogP contribution in [-0.2, 0) is 4.79 Å². The Balaban J connectivity index is 2.35. The average molecular weight is 199 g/mol. The molecule has 0 radical (unpaired) electrons. The van der Waals surface area contributed by atoms with E-state index in [1.54, 1.807) is 0 Å². The van der Waals surface area contributed by atoms with Gasteiger partial charge >= 0.3 is 0 Å². The number of rotatable bonds is 5. The first-order valence-corrected chi connectivity index (χ1v) is 5.35. The Hall–Kier alpha value is -0.570. The van der Waals surface area contributed by atoms with E-state index in [1.807, 2.05) is 20.8 Å². The maximum absolute atomic E-state index is 11.7. The Morgan fingerprint density at radius 2 is 2.07 bits per heavy atom. The van der Waals surface area contributed by atoms with E-state index in [9.17, 15) is 4.79 Å². The second-order valence-electron chi connectivity index (χ2n) is 5.08. The summed E-state index contributed by atoms with van der Waals surface area (Å²) in [6.07, 6.45) is 2.91. The number of carbonyl (C=O) groups excluding carboxylic acids is 1. The topological polar surface area (TPSA) is 49.3 Å². The standard InChI is InChI=1S/C11H21NO2/c1-4-10(2,3)9(14)12-7-11(8-13)5-6-11/h13H,4-8H2,1-3H3,(H,12,14). The predicted octanol–water partition coefficient (Wildman–Crippen LogP) is 1.31.